The van der Waals surface area contributed by atoms with E-state index in [4.69, 9.17) is 4.42 Å². The van der Waals surface area contributed by atoms with Gasteiger partial charge >= 0.3 is 0 Å². The number of hydrogen-bond acceptors (Lipinski definition) is 2. The number of benzene rings is 9. The van der Waals surface area contributed by atoms with Gasteiger partial charge in [-0.3, -0.25) is 0 Å². The normalized spacial score (nSPS) is 11.6. The molecule has 10 aromatic rings. The van der Waals surface area contributed by atoms with Crippen molar-refractivity contribution < 1.29 is 4.42 Å². The lowest BCUT2D eigenvalue weighted by Gasteiger charge is -2.26. The molecule has 50 heavy (non-hydrogen) atoms. The van der Waals surface area contributed by atoms with Crippen LogP contribution in [0.15, 0.2) is 192 Å². The van der Waals surface area contributed by atoms with E-state index in [9.17, 15) is 0 Å². The maximum Gasteiger partial charge on any atom is 0.136 e. The first-order valence-electron chi connectivity index (χ1n) is 17.1. The van der Waals surface area contributed by atoms with Crippen LogP contribution in [0.2, 0.25) is 0 Å². The van der Waals surface area contributed by atoms with Gasteiger partial charge < -0.3 is 9.32 Å². The highest BCUT2D eigenvalue weighted by Crippen LogP contribution is 2.45. The lowest BCUT2D eigenvalue weighted by molar-refractivity contribution is 0.669. The zero-order chi connectivity index (χ0) is 33.0. The highest BCUT2D eigenvalue weighted by atomic mass is 16.3. The van der Waals surface area contributed by atoms with Crippen LogP contribution in [-0.4, -0.2) is 0 Å². The van der Waals surface area contributed by atoms with Crippen molar-refractivity contribution in [1.29, 1.82) is 0 Å². The third-order valence-electron chi connectivity index (χ3n) is 10.0. The monoisotopic (exact) mass is 637 g/mol. The molecule has 0 fully saturated rings. The van der Waals surface area contributed by atoms with Gasteiger partial charge in [-0.2, -0.15) is 0 Å². The minimum absolute atomic E-state index is 0.921. The van der Waals surface area contributed by atoms with Gasteiger partial charge in [-0.05, 0) is 104 Å². The Bertz CT molecular complexity index is 2800. The van der Waals surface area contributed by atoms with E-state index in [1.807, 2.05) is 6.07 Å². The maximum atomic E-state index is 6.33. The van der Waals surface area contributed by atoms with Crippen molar-refractivity contribution in [3.05, 3.63) is 188 Å². The molecule has 0 amide bonds. The van der Waals surface area contributed by atoms with E-state index in [2.05, 4.69) is 187 Å². The Kier molecular flexibility index (Phi) is 6.53. The predicted molar refractivity (Wildman–Crippen MR) is 212 cm³/mol. The van der Waals surface area contributed by atoms with Crippen molar-refractivity contribution in [1.82, 2.24) is 0 Å². The van der Waals surface area contributed by atoms with Crippen LogP contribution in [0.25, 0.3) is 76.5 Å². The van der Waals surface area contributed by atoms with Crippen LogP contribution in [0, 0.1) is 0 Å². The average Bonchev–Trinajstić information content (AvgIpc) is 3.58. The van der Waals surface area contributed by atoms with Gasteiger partial charge in [-0.1, -0.05) is 133 Å². The van der Waals surface area contributed by atoms with Crippen LogP contribution < -0.4 is 4.90 Å². The van der Waals surface area contributed by atoms with Gasteiger partial charge in [0.25, 0.3) is 0 Å². The minimum atomic E-state index is 0.921. The molecule has 0 N–H and O–H groups in total. The zero-order valence-electron chi connectivity index (χ0n) is 27.3. The lowest BCUT2D eigenvalue weighted by Crippen LogP contribution is -2.09. The first-order valence-corrected chi connectivity index (χ1v) is 17.1. The molecule has 234 valence electrons. The molecule has 9 aromatic carbocycles. The van der Waals surface area contributed by atoms with Crippen molar-refractivity contribution >= 4 is 71.3 Å². The summed E-state index contributed by atoms with van der Waals surface area (Å²) >= 11 is 0. The summed E-state index contributed by atoms with van der Waals surface area (Å²) in [5, 5.41) is 9.84. The SMILES string of the molecule is c1ccc(-c2ccc(N(c3ccccc3)c3ccc(-c4cccc5c6ccc7oc8ccccc8c7c6c6ccccc6c45)cc3)cc2)cc1. The van der Waals surface area contributed by atoms with Crippen LogP contribution in [-0.2, 0) is 0 Å². The number of anilines is 3. The second-order valence-electron chi connectivity index (χ2n) is 12.9. The molecule has 0 aliphatic rings. The van der Waals surface area contributed by atoms with Gasteiger partial charge in [0.1, 0.15) is 11.2 Å². The first kappa shape index (κ1) is 28.4. The second-order valence-corrected chi connectivity index (χ2v) is 12.9. The van der Waals surface area contributed by atoms with Crippen molar-refractivity contribution in [2.24, 2.45) is 0 Å². The molecule has 0 spiro atoms. The fourth-order valence-corrected chi connectivity index (χ4v) is 7.80. The Hall–Kier alpha value is -6.64. The summed E-state index contributed by atoms with van der Waals surface area (Å²) in [4.78, 5) is 2.32. The standard InChI is InChI=1S/C48H31NO/c1-3-12-32(13-4-1)33-22-26-36(27-23-33)49(35-14-5-2-6-15-35)37-28-24-34(25-29-37)38-19-11-20-40-42-30-31-45-48(43-18-9-10-21-44(43)50-45)47(42)41-17-8-7-16-39(41)46(38)40/h1-31H. The van der Waals surface area contributed by atoms with Crippen LogP contribution in [0.4, 0.5) is 17.1 Å². The van der Waals surface area contributed by atoms with Crippen LogP contribution >= 0.6 is 0 Å². The van der Waals surface area contributed by atoms with E-state index in [0.29, 0.717) is 0 Å². The number of nitrogens with zero attached hydrogens (tertiary/aromatic N) is 1. The molecule has 2 heteroatoms. The first-order chi connectivity index (χ1) is 24.8. The van der Waals surface area contributed by atoms with Crippen molar-refractivity contribution in [2.75, 3.05) is 4.90 Å². The Labute approximate surface area is 290 Å². The maximum absolute atomic E-state index is 6.33. The van der Waals surface area contributed by atoms with E-state index < -0.39 is 0 Å². The van der Waals surface area contributed by atoms with Crippen molar-refractivity contribution in [3.63, 3.8) is 0 Å². The molecule has 0 atom stereocenters. The zero-order valence-corrected chi connectivity index (χ0v) is 27.3. The molecule has 0 saturated carbocycles. The molecular weight excluding hydrogens is 607 g/mol. The summed E-state index contributed by atoms with van der Waals surface area (Å²) in [6.07, 6.45) is 0. The molecule has 1 heterocycles. The lowest BCUT2D eigenvalue weighted by atomic mass is 9.88. The summed E-state index contributed by atoms with van der Waals surface area (Å²) in [6, 6.07) is 67.3. The van der Waals surface area contributed by atoms with Crippen LogP contribution in [0.3, 0.4) is 0 Å². The highest BCUT2D eigenvalue weighted by Gasteiger charge is 2.18. The molecule has 10 rings (SSSR count). The topological polar surface area (TPSA) is 16.4 Å². The minimum Gasteiger partial charge on any atom is -0.456 e. The Morgan fingerprint density at radius 2 is 0.780 bits per heavy atom. The van der Waals surface area contributed by atoms with Gasteiger partial charge in [0.2, 0.25) is 0 Å². The van der Waals surface area contributed by atoms with E-state index in [1.54, 1.807) is 0 Å². The van der Waals surface area contributed by atoms with Crippen LogP contribution in [0.1, 0.15) is 0 Å². The summed E-state index contributed by atoms with van der Waals surface area (Å²) in [7, 11) is 0. The molecular formula is C48H31NO. The number of hydrogen-bond donors (Lipinski definition) is 0. The third kappa shape index (κ3) is 4.50. The molecule has 2 nitrogen and oxygen atoms in total. The molecule has 1 aromatic heterocycles. The fourth-order valence-electron chi connectivity index (χ4n) is 7.80. The fraction of sp³-hybridized carbons (Fsp3) is 0. The number of furan rings is 1. The Morgan fingerprint density at radius 3 is 1.48 bits per heavy atom. The largest absolute Gasteiger partial charge is 0.456 e. The van der Waals surface area contributed by atoms with Gasteiger partial charge in [0.05, 0.1) is 0 Å². The third-order valence-corrected chi connectivity index (χ3v) is 10.0. The number of para-hydroxylation sites is 2. The Balaban J connectivity index is 1.13. The summed E-state index contributed by atoms with van der Waals surface area (Å²) in [5.41, 5.74) is 10.0. The smallest absolute Gasteiger partial charge is 0.136 e. The molecule has 0 bridgehead atoms. The Morgan fingerprint density at radius 1 is 0.280 bits per heavy atom. The predicted octanol–water partition coefficient (Wildman–Crippen LogP) is 13.8. The van der Waals surface area contributed by atoms with E-state index in [0.717, 1.165) is 33.6 Å². The van der Waals surface area contributed by atoms with E-state index in [-0.39, 0.29) is 0 Å². The molecule has 0 unspecified atom stereocenters. The van der Waals surface area contributed by atoms with Gasteiger partial charge in [-0.25, -0.2) is 0 Å². The summed E-state index contributed by atoms with van der Waals surface area (Å²) in [6.45, 7) is 0. The van der Waals surface area contributed by atoms with Gasteiger partial charge in [0, 0.05) is 33.2 Å². The van der Waals surface area contributed by atoms with E-state index >= 15 is 0 Å². The van der Waals surface area contributed by atoms with Crippen molar-refractivity contribution in [3.8, 4) is 22.3 Å². The molecule has 0 aliphatic carbocycles. The number of fused-ring (bicyclic) bond motifs is 10. The average molecular weight is 638 g/mol. The van der Waals surface area contributed by atoms with Gasteiger partial charge in [0.15, 0.2) is 0 Å². The summed E-state index contributed by atoms with van der Waals surface area (Å²) < 4.78 is 6.33. The molecule has 0 aliphatic heterocycles. The quantitative estimate of drug-likeness (QED) is 0.175. The second kappa shape index (κ2) is 11.5. The molecule has 0 saturated heterocycles. The van der Waals surface area contributed by atoms with Crippen LogP contribution in [0.5, 0.6) is 0 Å². The highest BCUT2D eigenvalue weighted by molar-refractivity contribution is 6.36. The molecule has 0 radical (unpaired) electrons. The van der Waals surface area contributed by atoms with E-state index in [1.165, 1.54) is 60.0 Å². The summed E-state index contributed by atoms with van der Waals surface area (Å²) in [5.74, 6) is 0. The van der Waals surface area contributed by atoms with Crippen molar-refractivity contribution in [2.45, 2.75) is 0 Å². The number of rotatable bonds is 5. The van der Waals surface area contributed by atoms with Gasteiger partial charge in [-0.15, -0.1) is 0 Å².